The molecule has 6 rings (SSSR count). The number of aromatic hydroxyl groups is 8. The molecule has 0 aliphatic rings. The third-order valence-corrected chi connectivity index (χ3v) is 6.91. The first-order valence-electron chi connectivity index (χ1n) is 15.1. The molecule has 0 aliphatic heterocycles. The van der Waals surface area contributed by atoms with Gasteiger partial charge in [0, 0.05) is 29.1 Å². The van der Waals surface area contributed by atoms with E-state index in [2.05, 4.69) is 0 Å². The number of allylic oxidation sites excluding steroid dienone is 1. The van der Waals surface area contributed by atoms with Gasteiger partial charge < -0.3 is 40.9 Å². The number of hydrogen-bond donors (Lipinski definition) is 8. The van der Waals surface area contributed by atoms with Crippen LogP contribution in [-0.4, -0.2) is 47.1 Å². The normalized spacial score (nSPS) is 10.9. The highest BCUT2D eigenvalue weighted by molar-refractivity contribution is 5.91. The van der Waals surface area contributed by atoms with Crippen LogP contribution in [0.5, 0.6) is 46.0 Å². The lowest BCUT2D eigenvalue weighted by molar-refractivity contribution is -0.104. The molecule has 0 amide bonds. The van der Waals surface area contributed by atoms with Crippen LogP contribution in [0.15, 0.2) is 121 Å². The molecule has 0 aliphatic carbocycles. The third-order valence-electron chi connectivity index (χ3n) is 6.91. The lowest BCUT2D eigenvalue weighted by Crippen LogP contribution is -1.78. The SMILES string of the molecule is O=C/C=C/c1ccc2cc(O)cc(O)c2c1.Oc1cc(O)cc(/C=C\c2ccccc2O)c1.Oc1ccc(/C=C/c2cc(O)cc(O)c2)cc1. The summed E-state index contributed by atoms with van der Waals surface area (Å²) >= 11 is 0. The Hall–Kier alpha value is -7.13. The van der Waals surface area contributed by atoms with Crippen molar-refractivity contribution in [2.45, 2.75) is 0 Å². The van der Waals surface area contributed by atoms with E-state index in [1.54, 1.807) is 103 Å². The highest BCUT2D eigenvalue weighted by atomic mass is 16.3. The van der Waals surface area contributed by atoms with E-state index in [1.165, 1.54) is 36.4 Å². The maximum Gasteiger partial charge on any atom is 0.142 e. The fourth-order valence-electron chi connectivity index (χ4n) is 4.62. The van der Waals surface area contributed by atoms with Crippen LogP contribution in [0.1, 0.15) is 27.8 Å². The summed E-state index contributed by atoms with van der Waals surface area (Å²) in [7, 11) is 0. The van der Waals surface area contributed by atoms with Crippen molar-refractivity contribution in [1.82, 2.24) is 0 Å². The number of fused-ring (bicyclic) bond motifs is 1. The Balaban J connectivity index is 0.000000169. The quantitative estimate of drug-likeness (QED) is 0.0491. The van der Waals surface area contributed by atoms with Crippen LogP contribution in [0, 0.1) is 0 Å². The number of phenolic OH excluding ortho intramolecular Hbond substituents is 8. The zero-order chi connectivity index (χ0) is 36.0. The third kappa shape index (κ3) is 11.0. The molecule has 6 aromatic rings. The molecular weight excluding hydrogens is 636 g/mol. The minimum absolute atomic E-state index is 0.00179. The molecule has 6 aromatic carbocycles. The molecule has 0 radical (unpaired) electrons. The zero-order valence-electron chi connectivity index (χ0n) is 26.5. The maximum absolute atomic E-state index is 10.2. The second-order valence-corrected chi connectivity index (χ2v) is 10.8. The minimum atomic E-state index is 0.00179. The van der Waals surface area contributed by atoms with Gasteiger partial charge in [0.25, 0.3) is 0 Å². The number of aldehydes is 1. The monoisotopic (exact) mass is 670 g/mol. The summed E-state index contributed by atoms with van der Waals surface area (Å²) in [4.78, 5) is 10.2. The second kappa shape index (κ2) is 17.1. The molecule has 0 saturated carbocycles. The van der Waals surface area contributed by atoms with Gasteiger partial charge in [0.1, 0.15) is 52.3 Å². The van der Waals surface area contributed by atoms with Crippen molar-refractivity contribution in [1.29, 1.82) is 0 Å². The van der Waals surface area contributed by atoms with E-state index in [0.717, 1.165) is 16.5 Å². The number of para-hydroxylation sites is 1. The first-order chi connectivity index (χ1) is 24.0. The number of benzene rings is 6. The number of hydrogen-bond acceptors (Lipinski definition) is 9. The van der Waals surface area contributed by atoms with Crippen LogP contribution < -0.4 is 0 Å². The topological polar surface area (TPSA) is 179 Å². The average Bonchev–Trinajstić information content (AvgIpc) is 3.07. The van der Waals surface area contributed by atoms with Gasteiger partial charge in [-0.15, -0.1) is 0 Å². The molecular formula is C41H34O9. The minimum Gasteiger partial charge on any atom is -0.508 e. The molecule has 50 heavy (non-hydrogen) atoms. The first-order valence-corrected chi connectivity index (χ1v) is 15.1. The van der Waals surface area contributed by atoms with Crippen molar-refractivity contribution >= 4 is 47.4 Å². The van der Waals surface area contributed by atoms with Gasteiger partial charge in [0.2, 0.25) is 0 Å². The number of carbonyl (C=O) groups is 1. The lowest BCUT2D eigenvalue weighted by Gasteiger charge is -2.03. The molecule has 0 saturated heterocycles. The number of phenols is 8. The van der Waals surface area contributed by atoms with Crippen molar-refractivity contribution in [2.75, 3.05) is 0 Å². The molecule has 0 atom stereocenters. The van der Waals surface area contributed by atoms with Crippen LogP contribution >= 0.6 is 0 Å². The summed E-state index contributed by atoms with van der Waals surface area (Å²) in [5.41, 5.74) is 3.78. The standard InChI is InChI=1S/2C14H12O3.C13H10O3/c15-12-5-3-10(4-6-12)1-2-11-7-13(16)9-14(17)8-11;15-12-7-10(8-13(16)9-12)5-6-11-3-1-2-4-14(11)17;14-5-1-2-9-3-4-10-7-11(15)8-13(16)12(10)6-9/h2*1-9,15-17H;1-8,15-16H/b2-1+;6-5-;2-1+. The van der Waals surface area contributed by atoms with Crippen molar-refractivity contribution in [3.63, 3.8) is 0 Å². The van der Waals surface area contributed by atoms with E-state index in [-0.39, 0.29) is 46.0 Å². The van der Waals surface area contributed by atoms with Gasteiger partial charge in [0.05, 0.1) is 0 Å². The van der Waals surface area contributed by atoms with E-state index in [4.69, 9.17) is 5.11 Å². The van der Waals surface area contributed by atoms with Gasteiger partial charge in [-0.2, -0.15) is 0 Å². The van der Waals surface area contributed by atoms with Crippen LogP contribution in [0.25, 0.3) is 41.2 Å². The molecule has 0 fully saturated rings. The van der Waals surface area contributed by atoms with Gasteiger partial charge in [-0.25, -0.2) is 0 Å². The highest BCUT2D eigenvalue weighted by Crippen LogP contribution is 2.31. The number of carbonyl (C=O) groups excluding carboxylic acids is 1. The predicted octanol–water partition coefficient (Wildman–Crippen LogP) is 8.41. The van der Waals surface area contributed by atoms with Gasteiger partial charge in [0.15, 0.2) is 0 Å². The van der Waals surface area contributed by atoms with E-state index >= 15 is 0 Å². The molecule has 8 N–H and O–H groups in total. The van der Waals surface area contributed by atoms with E-state index < -0.39 is 0 Å². The van der Waals surface area contributed by atoms with Gasteiger partial charge in [-0.3, -0.25) is 4.79 Å². The molecule has 0 aromatic heterocycles. The van der Waals surface area contributed by atoms with Crippen molar-refractivity contribution in [2.24, 2.45) is 0 Å². The lowest BCUT2D eigenvalue weighted by atomic mass is 10.1. The Morgan fingerprint density at radius 3 is 1.48 bits per heavy atom. The van der Waals surface area contributed by atoms with Gasteiger partial charge in [-0.1, -0.05) is 72.8 Å². The Morgan fingerprint density at radius 1 is 0.380 bits per heavy atom. The van der Waals surface area contributed by atoms with Gasteiger partial charge >= 0.3 is 0 Å². The Bertz CT molecular complexity index is 2120. The second-order valence-electron chi connectivity index (χ2n) is 10.8. The fourth-order valence-corrected chi connectivity index (χ4v) is 4.62. The summed E-state index contributed by atoms with van der Waals surface area (Å²) in [5, 5.41) is 76.2. The first kappa shape index (κ1) is 35.7. The maximum atomic E-state index is 10.2. The summed E-state index contributed by atoms with van der Waals surface area (Å²) in [6.45, 7) is 0. The summed E-state index contributed by atoms with van der Waals surface area (Å²) in [6, 6.07) is 30.6. The molecule has 9 heteroatoms. The summed E-state index contributed by atoms with van der Waals surface area (Å²) in [5.74, 6) is 0.511. The van der Waals surface area contributed by atoms with E-state index in [9.17, 15) is 40.5 Å². The Morgan fingerprint density at radius 2 is 0.900 bits per heavy atom. The largest absolute Gasteiger partial charge is 0.508 e. The predicted molar refractivity (Wildman–Crippen MR) is 196 cm³/mol. The van der Waals surface area contributed by atoms with Crippen molar-refractivity contribution in [3.05, 3.63) is 149 Å². The van der Waals surface area contributed by atoms with Crippen molar-refractivity contribution < 1.29 is 45.6 Å². The molecule has 0 spiro atoms. The van der Waals surface area contributed by atoms with E-state index in [0.29, 0.717) is 28.4 Å². The fraction of sp³-hybridized carbons (Fsp3) is 0. The summed E-state index contributed by atoms with van der Waals surface area (Å²) in [6.07, 6.45) is 10.7. The molecule has 9 nitrogen and oxygen atoms in total. The van der Waals surface area contributed by atoms with Crippen LogP contribution in [0.3, 0.4) is 0 Å². The smallest absolute Gasteiger partial charge is 0.142 e. The van der Waals surface area contributed by atoms with Crippen LogP contribution in [-0.2, 0) is 4.79 Å². The number of rotatable bonds is 6. The molecule has 0 unspecified atom stereocenters. The molecule has 0 bridgehead atoms. The highest BCUT2D eigenvalue weighted by Gasteiger charge is 2.03. The molecule has 252 valence electrons. The zero-order valence-corrected chi connectivity index (χ0v) is 26.5. The van der Waals surface area contributed by atoms with Crippen LogP contribution in [0.4, 0.5) is 0 Å². The van der Waals surface area contributed by atoms with Crippen LogP contribution in [0.2, 0.25) is 0 Å². The summed E-state index contributed by atoms with van der Waals surface area (Å²) < 4.78 is 0. The Labute approximate surface area is 287 Å². The average molecular weight is 671 g/mol. The Kier molecular flexibility index (Phi) is 12.2. The van der Waals surface area contributed by atoms with Gasteiger partial charge in [-0.05, 0) is 88.3 Å². The van der Waals surface area contributed by atoms with Crippen molar-refractivity contribution in [3.8, 4) is 46.0 Å². The van der Waals surface area contributed by atoms with E-state index in [1.807, 2.05) is 12.1 Å². The molecule has 0 heterocycles.